The quantitative estimate of drug-likeness (QED) is 0.479. The molecule has 0 saturated carbocycles. The molecule has 0 aromatic heterocycles. The average molecular weight is 148 g/mol. The highest BCUT2D eigenvalue weighted by molar-refractivity contribution is 4.71. The van der Waals surface area contributed by atoms with Crippen molar-refractivity contribution in [3.05, 3.63) is 0 Å². The topological polar surface area (TPSA) is 65.8 Å². The monoisotopic (exact) mass is 148 g/mol. The molecule has 2 aliphatic heterocycles. The van der Waals surface area contributed by atoms with Gasteiger partial charge in [0.25, 0.3) is 0 Å². The molecule has 0 unspecified atom stereocenters. The zero-order valence-corrected chi connectivity index (χ0v) is 5.71. The van der Waals surface area contributed by atoms with Crippen LogP contribution in [-0.2, 0) is 14.2 Å². The number of rotatable bonds is 4. The van der Waals surface area contributed by atoms with Crippen molar-refractivity contribution in [3.63, 3.8) is 0 Å². The fourth-order valence-electron chi connectivity index (χ4n) is 0.659. The second-order valence-corrected chi connectivity index (χ2v) is 2.45. The van der Waals surface area contributed by atoms with Crippen molar-refractivity contribution in [3.8, 4) is 0 Å². The zero-order chi connectivity index (χ0) is 6.10. The maximum Gasteiger partial charge on any atom is 0.104 e. The van der Waals surface area contributed by atoms with Crippen molar-refractivity contribution in [1.29, 1.82) is 0 Å². The van der Waals surface area contributed by atoms with Crippen molar-refractivity contribution in [2.24, 2.45) is 0 Å². The number of hydrogen-bond donors (Lipinski definition) is 0. The lowest BCUT2D eigenvalue weighted by Crippen LogP contribution is -2.06. The van der Waals surface area contributed by atoms with E-state index < -0.39 is 0 Å². The lowest BCUT2D eigenvalue weighted by atomic mass is 10.5. The van der Waals surface area contributed by atoms with E-state index in [1.807, 2.05) is 0 Å². The van der Waals surface area contributed by atoms with Crippen LogP contribution in [0.25, 0.3) is 0 Å². The molecule has 4 nitrogen and oxygen atoms in total. The van der Waals surface area contributed by atoms with E-state index in [9.17, 15) is 0 Å². The van der Waals surface area contributed by atoms with Gasteiger partial charge in [-0.05, 0) is 0 Å². The first-order chi connectivity index (χ1) is 4.45. The Labute approximate surface area is 59.4 Å². The Bertz CT molecular complexity index is 85.9. The Balaban J connectivity index is 0.000000500. The van der Waals surface area contributed by atoms with Crippen molar-refractivity contribution >= 4 is 0 Å². The minimum atomic E-state index is 0. The van der Waals surface area contributed by atoms with Crippen LogP contribution >= 0.6 is 0 Å². The summed E-state index contributed by atoms with van der Waals surface area (Å²) in [6.45, 7) is 3.26. The van der Waals surface area contributed by atoms with Crippen LogP contribution in [0, 0.1) is 0 Å². The molecule has 60 valence electrons. The summed E-state index contributed by atoms with van der Waals surface area (Å²) in [5.41, 5.74) is 0. The lowest BCUT2D eigenvalue weighted by molar-refractivity contribution is 0.102. The Kier molecular flexibility index (Phi) is 2.62. The molecule has 2 heterocycles. The zero-order valence-electron chi connectivity index (χ0n) is 5.71. The summed E-state index contributed by atoms with van der Waals surface area (Å²) in [6.07, 6.45) is 0.785. The van der Waals surface area contributed by atoms with E-state index in [0.717, 1.165) is 26.4 Å². The lowest BCUT2D eigenvalue weighted by Gasteiger charge is -1.95. The SMILES string of the molecule is C(OC[C@H]1CO1)[C@H]1CO1.O. The Morgan fingerprint density at radius 1 is 1.10 bits per heavy atom. The summed E-state index contributed by atoms with van der Waals surface area (Å²) >= 11 is 0. The van der Waals surface area contributed by atoms with Gasteiger partial charge in [-0.3, -0.25) is 0 Å². The van der Waals surface area contributed by atoms with Crippen LogP contribution in [0.1, 0.15) is 0 Å². The predicted octanol–water partition coefficient (Wildman–Crippen LogP) is -1.02. The molecule has 0 radical (unpaired) electrons. The molecular formula is C6H12O4. The van der Waals surface area contributed by atoms with Crippen LogP contribution in [0.4, 0.5) is 0 Å². The summed E-state index contributed by atoms with van der Waals surface area (Å²) in [6, 6.07) is 0. The van der Waals surface area contributed by atoms with Gasteiger partial charge in [-0.2, -0.15) is 0 Å². The van der Waals surface area contributed by atoms with Crippen LogP contribution in [0.15, 0.2) is 0 Å². The average Bonchev–Trinajstić information content (AvgIpc) is 2.57. The molecule has 4 heteroatoms. The normalized spacial score (nSPS) is 34.8. The molecular weight excluding hydrogens is 136 g/mol. The predicted molar refractivity (Wildman–Crippen MR) is 33.9 cm³/mol. The van der Waals surface area contributed by atoms with Crippen LogP contribution in [0.2, 0.25) is 0 Å². The molecule has 0 amide bonds. The van der Waals surface area contributed by atoms with Gasteiger partial charge in [0, 0.05) is 0 Å². The first kappa shape index (κ1) is 7.94. The van der Waals surface area contributed by atoms with E-state index in [1.54, 1.807) is 0 Å². The van der Waals surface area contributed by atoms with Crippen LogP contribution in [0.3, 0.4) is 0 Å². The van der Waals surface area contributed by atoms with E-state index in [1.165, 1.54) is 0 Å². The molecule has 0 bridgehead atoms. The summed E-state index contributed by atoms with van der Waals surface area (Å²) in [4.78, 5) is 0. The van der Waals surface area contributed by atoms with E-state index >= 15 is 0 Å². The van der Waals surface area contributed by atoms with Gasteiger partial charge in [-0.15, -0.1) is 0 Å². The first-order valence-electron chi connectivity index (χ1n) is 3.26. The Hall–Kier alpha value is -0.160. The molecule has 2 saturated heterocycles. The Morgan fingerprint density at radius 3 is 1.80 bits per heavy atom. The molecule has 2 fully saturated rings. The van der Waals surface area contributed by atoms with Gasteiger partial charge in [0.2, 0.25) is 0 Å². The molecule has 2 atom stereocenters. The smallest absolute Gasteiger partial charge is 0.104 e. The molecule has 0 aliphatic carbocycles. The molecule has 2 aliphatic rings. The Morgan fingerprint density at radius 2 is 1.50 bits per heavy atom. The number of epoxide rings is 2. The second kappa shape index (κ2) is 3.30. The fraction of sp³-hybridized carbons (Fsp3) is 1.00. The minimum absolute atomic E-state index is 0. The van der Waals surface area contributed by atoms with Crippen LogP contribution in [0.5, 0.6) is 0 Å². The van der Waals surface area contributed by atoms with Crippen molar-refractivity contribution in [1.82, 2.24) is 0 Å². The standard InChI is InChI=1S/C6H10O3.H2O/c1(5-3-8-5)7-2-6-4-9-6;/h5-6H,1-4H2;1H2/t5-,6-;/m0./s1. The van der Waals surface area contributed by atoms with Gasteiger partial charge < -0.3 is 19.7 Å². The third kappa shape index (κ3) is 2.62. The van der Waals surface area contributed by atoms with E-state index in [-0.39, 0.29) is 5.48 Å². The van der Waals surface area contributed by atoms with Crippen LogP contribution < -0.4 is 0 Å². The van der Waals surface area contributed by atoms with Gasteiger partial charge in [0.05, 0.1) is 26.4 Å². The maximum atomic E-state index is 5.23. The summed E-state index contributed by atoms with van der Waals surface area (Å²) in [7, 11) is 0. The van der Waals surface area contributed by atoms with E-state index in [4.69, 9.17) is 14.2 Å². The largest absolute Gasteiger partial charge is 0.412 e. The third-order valence-electron chi connectivity index (χ3n) is 1.41. The summed E-state index contributed by atoms with van der Waals surface area (Å²) in [5.74, 6) is 0. The van der Waals surface area contributed by atoms with Gasteiger partial charge in [-0.1, -0.05) is 0 Å². The van der Waals surface area contributed by atoms with Gasteiger partial charge >= 0.3 is 0 Å². The van der Waals surface area contributed by atoms with Crippen molar-refractivity contribution < 1.29 is 19.7 Å². The van der Waals surface area contributed by atoms with Gasteiger partial charge in [0.15, 0.2) is 0 Å². The highest BCUT2D eigenvalue weighted by Crippen LogP contribution is 2.12. The molecule has 2 N–H and O–H groups in total. The van der Waals surface area contributed by atoms with E-state index in [0.29, 0.717) is 12.2 Å². The summed E-state index contributed by atoms with van der Waals surface area (Å²) in [5, 5.41) is 0. The van der Waals surface area contributed by atoms with Crippen molar-refractivity contribution in [2.75, 3.05) is 26.4 Å². The fourth-order valence-corrected chi connectivity index (χ4v) is 0.659. The molecule has 10 heavy (non-hydrogen) atoms. The van der Waals surface area contributed by atoms with Crippen LogP contribution in [-0.4, -0.2) is 44.1 Å². The highest BCUT2D eigenvalue weighted by atomic mass is 16.6. The maximum absolute atomic E-state index is 5.23. The minimum Gasteiger partial charge on any atom is -0.412 e. The number of ether oxygens (including phenoxy) is 3. The van der Waals surface area contributed by atoms with Crippen molar-refractivity contribution in [2.45, 2.75) is 12.2 Å². The van der Waals surface area contributed by atoms with Gasteiger partial charge in [-0.25, -0.2) is 0 Å². The summed E-state index contributed by atoms with van der Waals surface area (Å²) < 4.78 is 15.1. The first-order valence-corrected chi connectivity index (χ1v) is 3.26. The third-order valence-corrected chi connectivity index (χ3v) is 1.41. The number of hydrogen-bond acceptors (Lipinski definition) is 3. The highest BCUT2D eigenvalue weighted by Gasteiger charge is 2.26. The second-order valence-electron chi connectivity index (χ2n) is 2.45. The molecule has 0 aromatic carbocycles. The molecule has 0 aromatic rings. The van der Waals surface area contributed by atoms with E-state index in [2.05, 4.69) is 0 Å². The van der Waals surface area contributed by atoms with Gasteiger partial charge in [0.1, 0.15) is 12.2 Å². The molecule has 2 rings (SSSR count). The molecule has 0 spiro atoms.